The first-order chi connectivity index (χ1) is 11.6. The standard InChI is InChI=1S/C20H23FN2O.ClH/c1-14-11-12-23(20(14)16-6-4-7-17(21)13-16)19(24)10-9-15-5-2-3-8-18(15)22;/h2-8,13-14,20H,9-12,22H2,1H3;1H. The van der Waals surface area contributed by atoms with Crippen molar-refractivity contribution < 1.29 is 9.18 Å². The highest BCUT2D eigenvalue weighted by Gasteiger charge is 2.35. The largest absolute Gasteiger partial charge is 0.399 e. The molecule has 3 rings (SSSR count). The predicted molar refractivity (Wildman–Crippen MR) is 101 cm³/mol. The molecule has 2 aromatic rings. The lowest BCUT2D eigenvalue weighted by atomic mass is 9.95. The number of anilines is 1. The van der Waals surface area contributed by atoms with Crippen LogP contribution < -0.4 is 5.73 Å². The number of rotatable bonds is 4. The van der Waals surface area contributed by atoms with E-state index in [4.69, 9.17) is 5.73 Å². The SMILES string of the molecule is CC1CCN(C(=O)CCc2ccccc2N)C1c1cccc(F)c1.Cl. The van der Waals surface area contributed by atoms with E-state index in [1.807, 2.05) is 35.2 Å². The Balaban J connectivity index is 0.00000225. The summed E-state index contributed by atoms with van der Waals surface area (Å²) in [4.78, 5) is 14.6. The highest BCUT2D eigenvalue weighted by atomic mass is 35.5. The molecule has 1 aliphatic heterocycles. The van der Waals surface area contributed by atoms with Gasteiger partial charge in [0, 0.05) is 18.7 Å². The monoisotopic (exact) mass is 362 g/mol. The Kier molecular flexibility index (Phi) is 6.43. The number of nitrogen functional groups attached to an aromatic ring is 1. The van der Waals surface area contributed by atoms with Crippen molar-refractivity contribution in [3.8, 4) is 0 Å². The number of hydrogen-bond acceptors (Lipinski definition) is 2. The summed E-state index contributed by atoms with van der Waals surface area (Å²) in [5, 5.41) is 0. The number of amides is 1. The fourth-order valence-electron chi connectivity index (χ4n) is 3.57. The summed E-state index contributed by atoms with van der Waals surface area (Å²) in [7, 11) is 0. The van der Waals surface area contributed by atoms with Crippen LogP contribution >= 0.6 is 12.4 Å². The van der Waals surface area contributed by atoms with Crippen LogP contribution in [0.3, 0.4) is 0 Å². The lowest BCUT2D eigenvalue weighted by Crippen LogP contribution is -2.32. The summed E-state index contributed by atoms with van der Waals surface area (Å²) in [6.45, 7) is 2.85. The topological polar surface area (TPSA) is 46.3 Å². The van der Waals surface area contributed by atoms with Crippen LogP contribution in [0.4, 0.5) is 10.1 Å². The zero-order chi connectivity index (χ0) is 17.1. The van der Waals surface area contributed by atoms with Gasteiger partial charge in [0.15, 0.2) is 0 Å². The zero-order valence-electron chi connectivity index (χ0n) is 14.3. The lowest BCUT2D eigenvalue weighted by molar-refractivity contribution is -0.132. The molecular formula is C20H24ClFN2O. The van der Waals surface area contributed by atoms with Crippen molar-refractivity contribution >= 4 is 24.0 Å². The maximum Gasteiger partial charge on any atom is 0.223 e. The van der Waals surface area contributed by atoms with Gasteiger partial charge < -0.3 is 10.6 Å². The summed E-state index contributed by atoms with van der Waals surface area (Å²) < 4.78 is 13.6. The van der Waals surface area contributed by atoms with Gasteiger partial charge in [0.05, 0.1) is 6.04 Å². The van der Waals surface area contributed by atoms with Gasteiger partial charge >= 0.3 is 0 Å². The maximum atomic E-state index is 13.6. The number of carbonyl (C=O) groups is 1. The van der Waals surface area contributed by atoms with Crippen molar-refractivity contribution in [1.82, 2.24) is 4.90 Å². The third kappa shape index (κ3) is 4.31. The van der Waals surface area contributed by atoms with Crippen LogP contribution in [0.15, 0.2) is 48.5 Å². The van der Waals surface area contributed by atoms with Gasteiger partial charge in [-0.25, -0.2) is 4.39 Å². The summed E-state index contributed by atoms with van der Waals surface area (Å²) >= 11 is 0. The van der Waals surface area contributed by atoms with Crippen molar-refractivity contribution in [3.63, 3.8) is 0 Å². The number of likely N-dealkylation sites (tertiary alicyclic amines) is 1. The van der Waals surface area contributed by atoms with E-state index in [0.717, 1.165) is 29.8 Å². The van der Waals surface area contributed by atoms with Crippen LogP contribution in [0.1, 0.15) is 36.9 Å². The first-order valence-electron chi connectivity index (χ1n) is 8.44. The molecule has 1 heterocycles. The molecule has 2 aromatic carbocycles. The van der Waals surface area contributed by atoms with Crippen LogP contribution in [0.5, 0.6) is 0 Å². The van der Waals surface area contributed by atoms with E-state index in [-0.39, 0.29) is 30.2 Å². The molecule has 1 amide bonds. The van der Waals surface area contributed by atoms with Crippen LogP contribution in [-0.4, -0.2) is 17.4 Å². The molecule has 134 valence electrons. The second-order valence-corrected chi connectivity index (χ2v) is 6.55. The smallest absolute Gasteiger partial charge is 0.223 e. The minimum Gasteiger partial charge on any atom is -0.399 e. The molecule has 5 heteroatoms. The number of aryl methyl sites for hydroxylation is 1. The summed E-state index contributed by atoms with van der Waals surface area (Å²) in [6.07, 6.45) is 2.00. The average Bonchev–Trinajstić information content (AvgIpc) is 2.95. The molecule has 0 saturated carbocycles. The van der Waals surface area contributed by atoms with Crippen molar-refractivity contribution in [2.45, 2.75) is 32.2 Å². The maximum absolute atomic E-state index is 13.6. The molecule has 1 aliphatic rings. The summed E-state index contributed by atoms with van der Waals surface area (Å²) in [6, 6.07) is 14.2. The Labute approximate surface area is 154 Å². The van der Waals surface area contributed by atoms with Gasteiger partial charge in [-0.05, 0) is 48.1 Å². The molecule has 0 aliphatic carbocycles. The van der Waals surface area contributed by atoms with Crippen LogP contribution in [0.2, 0.25) is 0 Å². The van der Waals surface area contributed by atoms with Gasteiger partial charge in [-0.3, -0.25) is 4.79 Å². The van der Waals surface area contributed by atoms with E-state index in [9.17, 15) is 9.18 Å². The second kappa shape index (κ2) is 8.34. The van der Waals surface area contributed by atoms with E-state index in [0.29, 0.717) is 18.8 Å². The Bertz CT molecular complexity index is 737. The fraction of sp³-hybridized carbons (Fsp3) is 0.350. The van der Waals surface area contributed by atoms with Crippen LogP contribution in [0.25, 0.3) is 0 Å². The van der Waals surface area contributed by atoms with E-state index < -0.39 is 0 Å². The van der Waals surface area contributed by atoms with Gasteiger partial charge in [-0.2, -0.15) is 0 Å². The second-order valence-electron chi connectivity index (χ2n) is 6.55. The first kappa shape index (κ1) is 19.3. The number of carbonyl (C=O) groups excluding carboxylic acids is 1. The molecule has 2 unspecified atom stereocenters. The van der Waals surface area contributed by atoms with E-state index in [1.165, 1.54) is 6.07 Å². The van der Waals surface area contributed by atoms with Gasteiger partial charge in [0.25, 0.3) is 0 Å². The summed E-state index contributed by atoms with van der Waals surface area (Å²) in [5.41, 5.74) is 8.56. The molecule has 0 bridgehead atoms. The van der Waals surface area contributed by atoms with Crippen LogP contribution in [-0.2, 0) is 11.2 Å². The van der Waals surface area contributed by atoms with Gasteiger partial charge in [-0.15, -0.1) is 12.4 Å². The molecule has 2 N–H and O–H groups in total. The Morgan fingerprint density at radius 1 is 1.24 bits per heavy atom. The van der Waals surface area contributed by atoms with Gasteiger partial charge in [0.2, 0.25) is 5.91 Å². The highest BCUT2D eigenvalue weighted by molar-refractivity contribution is 5.85. The Morgan fingerprint density at radius 3 is 2.72 bits per heavy atom. The molecule has 0 spiro atoms. The fourth-order valence-corrected chi connectivity index (χ4v) is 3.57. The van der Waals surface area contributed by atoms with Crippen molar-refractivity contribution in [3.05, 3.63) is 65.5 Å². The Hall–Kier alpha value is -2.07. The number of para-hydroxylation sites is 1. The third-order valence-electron chi connectivity index (χ3n) is 4.87. The minimum atomic E-state index is -0.254. The van der Waals surface area contributed by atoms with Gasteiger partial charge in [0.1, 0.15) is 5.82 Å². The number of nitrogens with two attached hydrogens (primary N) is 1. The molecule has 1 saturated heterocycles. The van der Waals surface area contributed by atoms with Crippen LogP contribution in [0, 0.1) is 11.7 Å². The molecule has 0 aromatic heterocycles. The average molecular weight is 363 g/mol. The van der Waals surface area contributed by atoms with Crippen molar-refractivity contribution in [1.29, 1.82) is 0 Å². The van der Waals surface area contributed by atoms with E-state index in [2.05, 4.69) is 6.92 Å². The molecule has 1 fully saturated rings. The molecule has 0 radical (unpaired) electrons. The molecular weight excluding hydrogens is 339 g/mol. The normalized spacial score (nSPS) is 19.5. The number of hydrogen-bond donors (Lipinski definition) is 1. The molecule has 25 heavy (non-hydrogen) atoms. The minimum absolute atomic E-state index is 0. The van der Waals surface area contributed by atoms with Crippen molar-refractivity contribution in [2.75, 3.05) is 12.3 Å². The molecule has 3 nitrogen and oxygen atoms in total. The predicted octanol–water partition coefficient (Wildman–Crippen LogP) is 4.37. The third-order valence-corrected chi connectivity index (χ3v) is 4.87. The zero-order valence-corrected chi connectivity index (χ0v) is 15.1. The van der Waals surface area contributed by atoms with Crippen molar-refractivity contribution in [2.24, 2.45) is 5.92 Å². The van der Waals surface area contributed by atoms with E-state index in [1.54, 1.807) is 12.1 Å². The summed E-state index contributed by atoms with van der Waals surface area (Å²) in [5.74, 6) is 0.186. The highest BCUT2D eigenvalue weighted by Crippen LogP contribution is 2.37. The quantitative estimate of drug-likeness (QED) is 0.821. The number of benzene rings is 2. The number of nitrogens with zero attached hydrogens (tertiary/aromatic N) is 1. The van der Waals surface area contributed by atoms with Gasteiger partial charge in [-0.1, -0.05) is 37.3 Å². The Morgan fingerprint density at radius 2 is 2.00 bits per heavy atom. The lowest BCUT2D eigenvalue weighted by Gasteiger charge is -2.27. The first-order valence-corrected chi connectivity index (χ1v) is 8.44. The van der Waals surface area contributed by atoms with E-state index >= 15 is 0 Å². The molecule has 2 atom stereocenters. The number of halogens is 2.